The van der Waals surface area contributed by atoms with Gasteiger partial charge >= 0.3 is 6.03 Å². The smallest absolute Gasteiger partial charge is 0.319 e. The molecule has 116 valence electrons. The van der Waals surface area contributed by atoms with Gasteiger partial charge in [-0.05, 0) is 37.2 Å². The number of amides is 2. The fraction of sp³-hybridized carbons (Fsp3) is 0.312. The standard InChI is InChI=1S/C16H18ClN3OS/c17-15-7-6-14(22-15)12-10-18-9-8-13(12)20-16(21)19-11-4-2-1-3-5-11/h1-7,12-13,18H,8-10H2,(H2,19,20,21). The molecule has 22 heavy (non-hydrogen) atoms. The SMILES string of the molecule is O=C(Nc1ccccc1)NC1CCNCC1c1ccc(Cl)s1. The minimum atomic E-state index is -0.161. The molecule has 0 saturated carbocycles. The van der Waals surface area contributed by atoms with E-state index in [4.69, 9.17) is 11.6 Å². The predicted octanol–water partition coefficient (Wildman–Crippen LogP) is 3.67. The van der Waals surface area contributed by atoms with Crippen molar-refractivity contribution in [2.24, 2.45) is 0 Å². The van der Waals surface area contributed by atoms with Crippen LogP contribution in [0.1, 0.15) is 17.2 Å². The summed E-state index contributed by atoms with van der Waals surface area (Å²) < 4.78 is 0.785. The van der Waals surface area contributed by atoms with Crippen molar-refractivity contribution >= 4 is 34.7 Å². The zero-order chi connectivity index (χ0) is 15.4. The number of carbonyl (C=O) groups is 1. The molecule has 2 unspecified atom stereocenters. The van der Waals surface area contributed by atoms with Gasteiger partial charge in [0.25, 0.3) is 0 Å². The third-order valence-corrected chi connectivity index (χ3v) is 5.15. The normalized spacial score (nSPS) is 21.3. The number of halogens is 1. The lowest BCUT2D eigenvalue weighted by Gasteiger charge is -2.32. The van der Waals surface area contributed by atoms with Crippen LogP contribution in [0.2, 0.25) is 4.34 Å². The molecule has 1 aromatic carbocycles. The van der Waals surface area contributed by atoms with E-state index in [0.717, 1.165) is 29.5 Å². The Morgan fingerprint density at radius 1 is 1.23 bits per heavy atom. The minimum Gasteiger partial charge on any atom is -0.334 e. The number of carbonyl (C=O) groups excluding carboxylic acids is 1. The Kier molecular flexibility index (Phi) is 4.97. The lowest BCUT2D eigenvalue weighted by Crippen LogP contribution is -2.49. The molecule has 4 nitrogen and oxygen atoms in total. The maximum atomic E-state index is 12.2. The van der Waals surface area contributed by atoms with Crippen molar-refractivity contribution in [2.75, 3.05) is 18.4 Å². The van der Waals surface area contributed by atoms with Gasteiger partial charge in [0.05, 0.1) is 4.34 Å². The number of piperidine rings is 1. The molecule has 1 aliphatic heterocycles. The van der Waals surface area contributed by atoms with Crippen LogP contribution in [0.15, 0.2) is 42.5 Å². The van der Waals surface area contributed by atoms with Crippen molar-refractivity contribution in [3.8, 4) is 0 Å². The molecule has 2 heterocycles. The maximum Gasteiger partial charge on any atom is 0.319 e. The number of para-hydroxylation sites is 1. The molecule has 0 bridgehead atoms. The zero-order valence-electron chi connectivity index (χ0n) is 12.0. The monoisotopic (exact) mass is 335 g/mol. The largest absolute Gasteiger partial charge is 0.334 e. The first-order valence-electron chi connectivity index (χ1n) is 7.31. The number of hydrogen-bond acceptors (Lipinski definition) is 3. The van der Waals surface area contributed by atoms with Crippen molar-refractivity contribution in [3.05, 3.63) is 51.7 Å². The van der Waals surface area contributed by atoms with Crippen LogP contribution in [0.25, 0.3) is 0 Å². The van der Waals surface area contributed by atoms with Gasteiger partial charge in [0.1, 0.15) is 0 Å². The summed E-state index contributed by atoms with van der Waals surface area (Å²) in [6.45, 7) is 1.76. The zero-order valence-corrected chi connectivity index (χ0v) is 13.6. The molecule has 3 N–H and O–H groups in total. The van der Waals surface area contributed by atoms with Crippen molar-refractivity contribution < 1.29 is 4.79 Å². The molecular formula is C16H18ClN3OS. The second-order valence-corrected chi connectivity index (χ2v) is 7.06. The molecule has 0 radical (unpaired) electrons. The highest BCUT2D eigenvalue weighted by atomic mass is 35.5. The van der Waals surface area contributed by atoms with Gasteiger partial charge in [-0.25, -0.2) is 4.79 Å². The summed E-state index contributed by atoms with van der Waals surface area (Å²) in [5, 5.41) is 9.36. The summed E-state index contributed by atoms with van der Waals surface area (Å²) in [7, 11) is 0. The van der Waals surface area contributed by atoms with E-state index >= 15 is 0 Å². The molecular weight excluding hydrogens is 318 g/mol. The first kappa shape index (κ1) is 15.3. The van der Waals surface area contributed by atoms with Gasteiger partial charge in [-0.1, -0.05) is 29.8 Å². The molecule has 2 amide bonds. The molecule has 1 fully saturated rings. The van der Waals surface area contributed by atoms with Crippen LogP contribution in [-0.4, -0.2) is 25.2 Å². The summed E-state index contributed by atoms with van der Waals surface area (Å²) in [4.78, 5) is 13.4. The van der Waals surface area contributed by atoms with E-state index < -0.39 is 0 Å². The van der Waals surface area contributed by atoms with Crippen molar-refractivity contribution in [2.45, 2.75) is 18.4 Å². The van der Waals surface area contributed by atoms with E-state index in [0.29, 0.717) is 0 Å². The van der Waals surface area contributed by atoms with Crippen LogP contribution in [-0.2, 0) is 0 Å². The Labute approximate surface area is 138 Å². The highest BCUT2D eigenvalue weighted by Gasteiger charge is 2.28. The first-order valence-corrected chi connectivity index (χ1v) is 8.50. The van der Waals surface area contributed by atoms with Crippen LogP contribution in [0.4, 0.5) is 10.5 Å². The van der Waals surface area contributed by atoms with E-state index in [1.54, 1.807) is 11.3 Å². The van der Waals surface area contributed by atoms with Crippen molar-refractivity contribution in [3.63, 3.8) is 0 Å². The van der Waals surface area contributed by atoms with E-state index in [1.807, 2.05) is 36.4 Å². The van der Waals surface area contributed by atoms with Gasteiger partial charge in [0, 0.05) is 29.1 Å². The van der Waals surface area contributed by atoms with E-state index in [2.05, 4.69) is 22.0 Å². The van der Waals surface area contributed by atoms with Gasteiger partial charge in [-0.2, -0.15) is 0 Å². The highest BCUT2D eigenvalue weighted by molar-refractivity contribution is 7.16. The van der Waals surface area contributed by atoms with Gasteiger partial charge in [-0.15, -0.1) is 11.3 Å². The topological polar surface area (TPSA) is 53.2 Å². The number of anilines is 1. The van der Waals surface area contributed by atoms with E-state index in [1.165, 1.54) is 4.88 Å². The lowest BCUT2D eigenvalue weighted by atomic mass is 9.92. The third-order valence-electron chi connectivity index (χ3n) is 3.79. The molecule has 2 atom stereocenters. The molecule has 1 aliphatic rings. The lowest BCUT2D eigenvalue weighted by molar-refractivity contribution is 0.242. The molecule has 0 spiro atoms. The molecule has 6 heteroatoms. The predicted molar refractivity (Wildman–Crippen MR) is 91.9 cm³/mol. The fourth-order valence-corrected chi connectivity index (χ4v) is 3.94. The molecule has 1 saturated heterocycles. The second-order valence-electron chi connectivity index (χ2n) is 5.31. The summed E-state index contributed by atoms with van der Waals surface area (Å²) in [5.41, 5.74) is 0.796. The maximum absolute atomic E-state index is 12.2. The number of thiophene rings is 1. The molecule has 2 aromatic rings. The minimum absolute atomic E-state index is 0.111. The van der Waals surface area contributed by atoms with Crippen LogP contribution >= 0.6 is 22.9 Å². The highest BCUT2D eigenvalue weighted by Crippen LogP contribution is 2.32. The van der Waals surface area contributed by atoms with Gasteiger partial charge in [0.15, 0.2) is 0 Å². The summed E-state index contributed by atoms with van der Waals surface area (Å²) >= 11 is 7.62. The van der Waals surface area contributed by atoms with E-state index in [9.17, 15) is 4.79 Å². The number of rotatable bonds is 3. The number of hydrogen-bond donors (Lipinski definition) is 3. The van der Waals surface area contributed by atoms with Crippen molar-refractivity contribution in [1.82, 2.24) is 10.6 Å². The second kappa shape index (κ2) is 7.13. The van der Waals surface area contributed by atoms with Crippen LogP contribution < -0.4 is 16.0 Å². The molecule has 1 aromatic heterocycles. The van der Waals surface area contributed by atoms with Gasteiger partial charge in [-0.3, -0.25) is 0 Å². The summed E-state index contributed by atoms with van der Waals surface area (Å²) in [5.74, 6) is 0.257. The van der Waals surface area contributed by atoms with Crippen molar-refractivity contribution in [1.29, 1.82) is 0 Å². The van der Waals surface area contributed by atoms with Crippen LogP contribution in [0, 0.1) is 0 Å². The van der Waals surface area contributed by atoms with Gasteiger partial charge in [0.2, 0.25) is 0 Å². The average Bonchev–Trinajstić information content (AvgIpc) is 2.95. The number of benzene rings is 1. The summed E-state index contributed by atoms with van der Waals surface area (Å²) in [6.07, 6.45) is 0.905. The molecule has 3 rings (SSSR count). The van der Waals surface area contributed by atoms with Gasteiger partial charge < -0.3 is 16.0 Å². The quantitative estimate of drug-likeness (QED) is 0.801. The number of nitrogens with one attached hydrogen (secondary N) is 3. The Morgan fingerprint density at radius 2 is 2.05 bits per heavy atom. The Balaban J connectivity index is 1.65. The Morgan fingerprint density at radius 3 is 2.77 bits per heavy atom. The van der Waals surface area contributed by atoms with Crippen LogP contribution in [0.5, 0.6) is 0 Å². The Bertz CT molecular complexity index is 631. The third kappa shape index (κ3) is 3.80. The first-order chi connectivity index (χ1) is 10.7. The average molecular weight is 336 g/mol. The fourth-order valence-electron chi connectivity index (χ4n) is 2.71. The van der Waals surface area contributed by atoms with Crippen LogP contribution in [0.3, 0.4) is 0 Å². The summed E-state index contributed by atoms with van der Waals surface area (Å²) in [6, 6.07) is 13.4. The number of urea groups is 1. The molecule has 0 aliphatic carbocycles. The van der Waals surface area contributed by atoms with E-state index in [-0.39, 0.29) is 18.0 Å². The Hall–Kier alpha value is -1.56.